The third-order valence-corrected chi connectivity index (χ3v) is 2.49. The molecule has 0 amide bonds. The van der Waals surface area contributed by atoms with E-state index in [1.807, 2.05) is 0 Å². The van der Waals surface area contributed by atoms with Gasteiger partial charge in [-0.05, 0) is 0 Å². The molecule has 0 radical (unpaired) electrons. The molecule has 0 spiro atoms. The van der Waals surface area contributed by atoms with Crippen LogP contribution >= 0.6 is 0 Å². The fourth-order valence-electron chi connectivity index (χ4n) is 1.35. The van der Waals surface area contributed by atoms with Crippen LogP contribution in [0.1, 0.15) is 0 Å². The van der Waals surface area contributed by atoms with Crippen LogP contribution in [0, 0.1) is 5.41 Å². The molecule has 1 atom stereocenters. The second-order valence-corrected chi connectivity index (χ2v) is 3.35. The smallest absolute Gasteiger partial charge is 0.358 e. The molecular weight excluding hydrogens is 292 g/mol. The van der Waals surface area contributed by atoms with E-state index in [4.69, 9.17) is 0 Å². The van der Waals surface area contributed by atoms with Gasteiger partial charge in [0.2, 0.25) is 18.2 Å². The van der Waals surface area contributed by atoms with Gasteiger partial charge in [0, 0.05) is 5.16 Å². The summed E-state index contributed by atoms with van der Waals surface area (Å²) in [5.41, 5.74) is -2.56. The summed E-state index contributed by atoms with van der Waals surface area (Å²) in [6.45, 7) is -2.53. The summed E-state index contributed by atoms with van der Waals surface area (Å²) in [7, 11) is 0. The minimum atomic E-state index is -2.96. The Labute approximate surface area is 115 Å². The Morgan fingerprint density at radius 2 is 1.48 bits per heavy atom. The molecule has 21 heavy (non-hydrogen) atoms. The molecule has 0 aromatic heterocycles. The van der Waals surface area contributed by atoms with Gasteiger partial charge in [-0.25, -0.2) is 19.2 Å². The van der Waals surface area contributed by atoms with Gasteiger partial charge in [0.05, 0.1) is 13.2 Å². The molecule has 0 heterocycles. The van der Waals surface area contributed by atoms with Crippen molar-refractivity contribution in [3.63, 3.8) is 0 Å². The third-order valence-electron chi connectivity index (χ3n) is 2.49. The second kappa shape index (κ2) is 8.39. The molecule has 1 unspecified atom stereocenters. The van der Waals surface area contributed by atoms with E-state index in [-0.39, 0.29) is 0 Å². The summed E-state index contributed by atoms with van der Waals surface area (Å²) in [5.74, 6) is -2.96. The lowest BCUT2D eigenvalue weighted by atomic mass is 9.81. The number of hydrogen-bond donors (Lipinski definition) is 3. The highest BCUT2D eigenvalue weighted by molar-refractivity contribution is 5.40. The zero-order valence-corrected chi connectivity index (χ0v) is 10.2. The Bertz CT molecular complexity index is 530. The maximum atomic E-state index is 10.5. The highest BCUT2D eigenvalue weighted by Gasteiger charge is 2.61. The van der Waals surface area contributed by atoms with Gasteiger partial charge in [-0.2, -0.15) is 4.99 Å². The number of rotatable bonds is 9. The largest absolute Gasteiger partial charge is 0.395 e. The summed E-state index contributed by atoms with van der Waals surface area (Å²) in [6.07, 6.45) is 1.25. The standard InChI is InChI=1S/C9H8N4O8/c14-1-8(2-15,7(20)10-3-16)9(11-4-17,12-5-18)21-13-6-19/h7,14-15,20H,1-2H2. The lowest BCUT2D eigenvalue weighted by Crippen LogP contribution is -2.58. The number of hydrogen-bond acceptors (Lipinski definition) is 12. The monoisotopic (exact) mass is 300 g/mol. The van der Waals surface area contributed by atoms with Crippen LogP contribution < -0.4 is 0 Å². The molecule has 0 rings (SSSR count). The molecule has 0 bridgehead atoms. The molecule has 0 aliphatic carbocycles. The summed E-state index contributed by atoms with van der Waals surface area (Å²) in [6, 6.07) is 0. The lowest BCUT2D eigenvalue weighted by Gasteiger charge is -2.39. The second-order valence-electron chi connectivity index (χ2n) is 3.35. The number of carbonyl (C=O) groups excluding carboxylic acids is 4. The molecule has 0 aliphatic heterocycles. The molecule has 112 valence electrons. The maximum absolute atomic E-state index is 10.5. The Kier molecular flexibility index (Phi) is 7.27. The normalized spacial score (nSPS) is 14.0. The minimum absolute atomic E-state index is 0.851. The van der Waals surface area contributed by atoms with Crippen molar-refractivity contribution in [2.24, 2.45) is 25.5 Å². The number of aliphatic imine (C=N–C) groups is 3. The van der Waals surface area contributed by atoms with E-state index >= 15 is 0 Å². The van der Waals surface area contributed by atoms with Crippen LogP contribution in [0.4, 0.5) is 0 Å². The summed E-state index contributed by atoms with van der Waals surface area (Å²) in [4.78, 5) is 54.2. The minimum Gasteiger partial charge on any atom is -0.395 e. The predicted octanol–water partition coefficient (Wildman–Crippen LogP) is -2.80. The van der Waals surface area contributed by atoms with Crippen molar-refractivity contribution in [2.75, 3.05) is 13.2 Å². The molecule has 0 aliphatic rings. The number of aliphatic hydroxyl groups is 3. The van der Waals surface area contributed by atoms with Crippen LogP contribution in [0.3, 0.4) is 0 Å². The molecule has 0 saturated heterocycles. The molecule has 12 heteroatoms. The van der Waals surface area contributed by atoms with Crippen molar-refractivity contribution in [1.82, 2.24) is 0 Å². The Balaban J connectivity index is 6.48. The predicted molar refractivity (Wildman–Crippen MR) is 58.9 cm³/mol. The van der Waals surface area contributed by atoms with E-state index in [1.165, 1.54) is 0 Å². The van der Waals surface area contributed by atoms with E-state index in [0.717, 1.165) is 24.3 Å². The topological polar surface area (TPSA) is 188 Å². The Morgan fingerprint density at radius 1 is 0.952 bits per heavy atom. The SMILES string of the molecule is O=C=NOC(N=C=O)(N=C=O)C(CO)(CO)C(O)N=C=O. The summed E-state index contributed by atoms with van der Waals surface area (Å²) in [5, 5.41) is 31.0. The van der Waals surface area contributed by atoms with E-state index in [2.05, 4.69) is 25.0 Å². The third kappa shape index (κ3) is 3.40. The molecule has 0 aromatic carbocycles. The number of nitrogens with zero attached hydrogens (tertiary/aromatic N) is 4. The van der Waals surface area contributed by atoms with Gasteiger partial charge in [0.15, 0.2) is 11.6 Å². The van der Waals surface area contributed by atoms with Gasteiger partial charge < -0.3 is 20.2 Å². The van der Waals surface area contributed by atoms with E-state index < -0.39 is 30.7 Å². The molecule has 0 aromatic rings. The van der Waals surface area contributed by atoms with Crippen LogP contribution in [0.5, 0.6) is 0 Å². The molecule has 3 N–H and O–H groups in total. The van der Waals surface area contributed by atoms with Crippen molar-refractivity contribution in [1.29, 1.82) is 0 Å². The van der Waals surface area contributed by atoms with Gasteiger partial charge in [0.1, 0.15) is 0 Å². The van der Waals surface area contributed by atoms with Crippen molar-refractivity contribution in [3.05, 3.63) is 0 Å². The van der Waals surface area contributed by atoms with E-state index in [1.54, 1.807) is 0 Å². The van der Waals surface area contributed by atoms with E-state index in [0.29, 0.717) is 0 Å². The van der Waals surface area contributed by atoms with Gasteiger partial charge in [0.25, 0.3) is 6.08 Å². The quantitative estimate of drug-likeness (QED) is 0.231. The first-order valence-electron chi connectivity index (χ1n) is 4.94. The fraction of sp³-hybridized carbons (Fsp3) is 0.556. The van der Waals surface area contributed by atoms with Crippen LogP contribution in [-0.4, -0.2) is 64.9 Å². The van der Waals surface area contributed by atoms with Gasteiger partial charge >= 0.3 is 5.85 Å². The average molecular weight is 300 g/mol. The first-order valence-corrected chi connectivity index (χ1v) is 4.94. The first kappa shape index (κ1) is 18.2. The summed E-state index contributed by atoms with van der Waals surface area (Å²) < 4.78 is 0. The summed E-state index contributed by atoms with van der Waals surface area (Å²) >= 11 is 0. The van der Waals surface area contributed by atoms with Crippen molar-refractivity contribution < 1.29 is 39.3 Å². The van der Waals surface area contributed by atoms with Crippen LogP contribution in [-0.2, 0) is 24.0 Å². The average Bonchev–Trinajstić information content (AvgIpc) is 2.47. The van der Waals surface area contributed by atoms with E-state index in [9.17, 15) is 34.5 Å². The Morgan fingerprint density at radius 3 is 1.81 bits per heavy atom. The Hall–Kier alpha value is -2.80. The highest BCUT2D eigenvalue weighted by Crippen LogP contribution is 2.40. The van der Waals surface area contributed by atoms with Gasteiger partial charge in [-0.1, -0.05) is 0 Å². The number of isocyanates is 4. The van der Waals surface area contributed by atoms with Crippen LogP contribution in [0.2, 0.25) is 0 Å². The fourth-order valence-corrected chi connectivity index (χ4v) is 1.35. The molecule has 12 nitrogen and oxygen atoms in total. The van der Waals surface area contributed by atoms with Gasteiger partial charge in [-0.15, -0.1) is 9.98 Å². The first-order chi connectivity index (χ1) is 10.0. The van der Waals surface area contributed by atoms with Crippen LogP contribution in [0.15, 0.2) is 20.1 Å². The molecular formula is C9H8N4O8. The zero-order chi connectivity index (χ0) is 16.4. The highest BCUT2D eigenvalue weighted by atomic mass is 16.7. The molecule has 0 fully saturated rings. The van der Waals surface area contributed by atoms with Crippen molar-refractivity contribution >= 4 is 24.3 Å². The molecule has 0 saturated carbocycles. The zero-order valence-electron chi connectivity index (χ0n) is 10.2. The number of aliphatic hydroxyl groups excluding tert-OH is 3. The van der Waals surface area contributed by atoms with Crippen molar-refractivity contribution in [2.45, 2.75) is 12.1 Å². The van der Waals surface area contributed by atoms with Gasteiger partial charge in [-0.3, -0.25) is 0 Å². The maximum Gasteiger partial charge on any atom is 0.358 e. The lowest BCUT2D eigenvalue weighted by molar-refractivity contribution is -0.200. The van der Waals surface area contributed by atoms with Crippen LogP contribution in [0.25, 0.3) is 0 Å². The van der Waals surface area contributed by atoms with Crippen molar-refractivity contribution in [3.8, 4) is 0 Å².